The lowest BCUT2D eigenvalue weighted by atomic mass is 9.99. The van der Waals surface area contributed by atoms with Crippen molar-refractivity contribution in [1.82, 2.24) is 0 Å². The third-order valence-corrected chi connectivity index (χ3v) is 4.47. The summed E-state index contributed by atoms with van der Waals surface area (Å²) in [5.41, 5.74) is 13.3. The number of anilines is 1. The van der Waals surface area contributed by atoms with Gasteiger partial charge < -0.3 is 10.1 Å². The molecule has 0 saturated carbocycles. The Morgan fingerprint density at radius 3 is 2.60 bits per heavy atom. The van der Waals surface area contributed by atoms with Crippen LogP contribution in [0.2, 0.25) is 0 Å². The number of nitrogens with one attached hydrogen (secondary N) is 1. The van der Waals surface area contributed by atoms with Crippen molar-refractivity contribution in [3.05, 3.63) is 93.9 Å². The van der Waals surface area contributed by atoms with Gasteiger partial charge >= 0.3 is 5.97 Å². The number of rotatable bonds is 7. The number of ether oxygens (including phenoxy) is 1. The first-order valence-electron chi connectivity index (χ1n) is 9.35. The van der Waals surface area contributed by atoms with Crippen LogP contribution in [0.5, 0.6) is 0 Å². The molecule has 0 amide bonds. The first-order valence-corrected chi connectivity index (χ1v) is 9.35. The summed E-state index contributed by atoms with van der Waals surface area (Å²) >= 11 is 0. The maximum absolute atomic E-state index is 12.3. The van der Waals surface area contributed by atoms with Gasteiger partial charge in [-0.2, -0.15) is 5.26 Å². The van der Waals surface area contributed by atoms with E-state index in [1.165, 1.54) is 0 Å². The van der Waals surface area contributed by atoms with E-state index in [0.29, 0.717) is 29.0 Å². The quantitative estimate of drug-likeness (QED) is 0.229. The van der Waals surface area contributed by atoms with Crippen LogP contribution in [0.1, 0.15) is 28.4 Å². The average molecular weight is 397 g/mol. The van der Waals surface area contributed by atoms with Gasteiger partial charge in [-0.1, -0.05) is 59.7 Å². The fraction of sp³-hybridized carbons (Fsp3) is 0.130. The summed E-state index contributed by atoms with van der Waals surface area (Å²) in [4.78, 5) is 15.1. The van der Waals surface area contributed by atoms with Crippen molar-refractivity contribution in [2.75, 3.05) is 11.9 Å². The van der Waals surface area contributed by atoms with Gasteiger partial charge in [-0.3, -0.25) is 0 Å². The van der Waals surface area contributed by atoms with E-state index in [4.69, 9.17) is 10.3 Å². The van der Waals surface area contributed by atoms with Crippen molar-refractivity contribution >= 4 is 17.3 Å². The van der Waals surface area contributed by atoms with Gasteiger partial charge in [0, 0.05) is 11.5 Å². The molecule has 30 heavy (non-hydrogen) atoms. The molecule has 0 aliphatic carbocycles. The van der Waals surface area contributed by atoms with Crippen LogP contribution in [-0.4, -0.2) is 12.6 Å². The average Bonchev–Trinajstić information content (AvgIpc) is 2.78. The van der Waals surface area contributed by atoms with E-state index in [0.717, 1.165) is 16.7 Å². The van der Waals surface area contributed by atoms with Crippen molar-refractivity contribution in [3.63, 3.8) is 0 Å². The standard InChI is InChI=1S/C23H19N5O2/c1-2-30-23(29)20-8-5-9-21(27-28-25)22(20)26-15-16-10-12-17(13-11-16)19-7-4-3-6-18(19)14-24/h3-13,26H,2,15H2,1H3. The van der Waals surface area contributed by atoms with Gasteiger partial charge in [-0.15, -0.1) is 0 Å². The van der Waals surface area contributed by atoms with Crippen LogP contribution < -0.4 is 5.32 Å². The predicted octanol–water partition coefficient (Wildman–Crippen LogP) is 5.96. The Morgan fingerprint density at radius 1 is 1.13 bits per heavy atom. The van der Waals surface area contributed by atoms with Crippen LogP contribution in [-0.2, 0) is 11.3 Å². The minimum Gasteiger partial charge on any atom is -0.462 e. The van der Waals surface area contributed by atoms with E-state index in [1.807, 2.05) is 42.5 Å². The fourth-order valence-electron chi connectivity index (χ4n) is 3.06. The summed E-state index contributed by atoms with van der Waals surface area (Å²) in [6.45, 7) is 2.38. The topological polar surface area (TPSA) is 111 Å². The first-order chi connectivity index (χ1) is 14.7. The summed E-state index contributed by atoms with van der Waals surface area (Å²) in [7, 11) is 0. The number of hydrogen-bond donors (Lipinski definition) is 1. The number of esters is 1. The number of para-hydroxylation sites is 1. The van der Waals surface area contributed by atoms with E-state index in [-0.39, 0.29) is 6.61 Å². The third kappa shape index (κ3) is 4.58. The smallest absolute Gasteiger partial charge is 0.340 e. The third-order valence-electron chi connectivity index (χ3n) is 4.47. The molecule has 7 nitrogen and oxygen atoms in total. The zero-order valence-corrected chi connectivity index (χ0v) is 16.4. The highest BCUT2D eigenvalue weighted by Gasteiger charge is 2.15. The van der Waals surface area contributed by atoms with E-state index >= 15 is 0 Å². The van der Waals surface area contributed by atoms with E-state index in [9.17, 15) is 10.1 Å². The Balaban J connectivity index is 1.84. The molecule has 3 aromatic rings. The molecule has 0 saturated heterocycles. The molecule has 0 aliphatic heterocycles. The number of nitriles is 1. The molecule has 0 radical (unpaired) electrons. The Kier molecular flexibility index (Phi) is 6.67. The normalized spacial score (nSPS) is 9.87. The first kappa shape index (κ1) is 20.5. The number of azide groups is 1. The molecule has 0 aliphatic rings. The summed E-state index contributed by atoms with van der Waals surface area (Å²) in [5.74, 6) is -0.488. The van der Waals surface area contributed by atoms with Crippen LogP contribution >= 0.6 is 0 Å². The molecule has 0 spiro atoms. The van der Waals surface area contributed by atoms with Gasteiger partial charge in [-0.25, -0.2) is 4.79 Å². The van der Waals surface area contributed by atoms with Crippen LogP contribution in [0.15, 0.2) is 71.8 Å². The largest absolute Gasteiger partial charge is 0.462 e. The lowest BCUT2D eigenvalue weighted by Crippen LogP contribution is -2.10. The van der Waals surface area contributed by atoms with Crippen molar-refractivity contribution in [2.45, 2.75) is 13.5 Å². The number of carbonyl (C=O) groups excluding carboxylic acids is 1. The molecule has 3 aromatic carbocycles. The second-order valence-electron chi connectivity index (χ2n) is 6.32. The summed E-state index contributed by atoms with van der Waals surface area (Å²) in [5, 5.41) is 16.2. The van der Waals surface area contributed by atoms with Gasteiger partial charge in [0.05, 0.1) is 35.2 Å². The number of nitrogens with zero attached hydrogens (tertiary/aromatic N) is 4. The fourth-order valence-corrected chi connectivity index (χ4v) is 3.06. The SMILES string of the molecule is CCOC(=O)c1cccc(N=[N+]=[N-])c1NCc1ccc(-c2ccccc2C#N)cc1. The second kappa shape index (κ2) is 9.78. The number of benzene rings is 3. The molecule has 0 bridgehead atoms. The summed E-state index contributed by atoms with van der Waals surface area (Å²) < 4.78 is 5.10. The Labute approximate surface area is 174 Å². The minimum absolute atomic E-state index is 0.246. The second-order valence-corrected chi connectivity index (χ2v) is 6.32. The molecule has 0 aromatic heterocycles. The van der Waals surface area contributed by atoms with Crippen LogP contribution in [0.3, 0.4) is 0 Å². The zero-order chi connectivity index (χ0) is 21.3. The number of carbonyl (C=O) groups is 1. The van der Waals surface area contributed by atoms with E-state index in [2.05, 4.69) is 21.4 Å². The monoisotopic (exact) mass is 397 g/mol. The lowest BCUT2D eigenvalue weighted by molar-refractivity contribution is 0.0527. The maximum Gasteiger partial charge on any atom is 0.340 e. The van der Waals surface area contributed by atoms with Gasteiger partial charge in [-0.05, 0) is 41.3 Å². The van der Waals surface area contributed by atoms with Gasteiger partial charge in [0.2, 0.25) is 0 Å². The van der Waals surface area contributed by atoms with E-state index < -0.39 is 5.97 Å². The Morgan fingerprint density at radius 2 is 1.90 bits per heavy atom. The molecule has 1 N–H and O–H groups in total. The van der Waals surface area contributed by atoms with Crippen LogP contribution in [0, 0.1) is 11.3 Å². The predicted molar refractivity (Wildman–Crippen MR) is 115 cm³/mol. The van der Waals surface area contributed by atoms with Gasteiger partial charge in [0.25, 0.3) is 0 Å². The Hall–Kier alpha value is -4.27. The highest BCUT2D eigenvalue weighted by atomic mass is 16.5. The summed E-state index contributed by atoms with van der Waals surface area (Å²) in [6, 6.07) is 22.3. The van der Waals surface area contributed by atoms with Crippen LogP contribution in [0.25, 0.3) is 21.6 Å². The Bertz CT molecular complexity index is 1140. The molecular weight excluding hydrogens is 378 g/mol. The molecule has 0 fully saturated rings. The maximum atomic E-state index is 12.3. The molecule has 0 unspecified atom stereocenters. The highest BCUT2D eigenvalue weighted by Crippen LogP contribution is 2.31. The van der Waals surface area contributed by atoms with Crippen molar-refractivity contribution in [1.29, 1.82) is 5.26 Å². The minimum atomic E-state index is -0.488. The molecule has 0 atom stereocenters. The lowest BCUT2D eigenvalue weighted by Gasteiger charge is -2.14. The molecular formula is C23H19N5O2. The van der Waals surface area contributed by atoms with Gasteiger partial charge in [0.15, 0.2) is 0 Å². The summed E-state index contributed by atoms with van der Waals surface area (Å²) in [6.07, 6.45) is 0. The van der Waals surface area contributed by atoms with Crippen molar-refractivity contribution < 1.29 is 9.53 Å². The molecule has 0 heterocycles. The molecule has 3 rings (SSSR count). The zero-order valence-electron chi connectivity index (χ0n) is 16.4. The van der Waals surface area contributed by atoms with Crippen LogP contribution in [0.4, 0.5) is 11.4 Å². The number of hydrogen-bond acceptors (Lipinski definition) is 5. The molecule has 148 valence electrons. The van der Waals surface area contributed by atoms with E-state index in [1.54, 1.807) is 31.2 Å². The van der Waals surface area contributed by atoms with Gasteiger partial charge in [0.1, 0.15) is 0 Å². The molecule has 7 heteroatoms. The van der Waals surface area contributed by atoms with Crippen molar-refractivity contribution in [2.24, 2.45) is 5.11 Å². The highest BCUT2D eigenvalue weighted by molar-refractivity contribution is 5.98. The van der Waals surface area contributed by atoms with Crippen molar-refractivity contribution in [3.8, 4) is 17.2 Å².